The molecule has 0 aromatic carbocycles. The molecular formula is C9H14N4O2. The maximum atomic E-state index is 10.6. The molecule has 0 bridgehead atoms. The monoisotopic (exact) mass is 210 g/mol. The van der Waals surface area contributed by atoms with Crippen LogP contribution in [0.5, 0.6) is 0 Å². The summed E-state index contributed by atoms with van der Waals surface area (Å²) in [5, 5.41) is 10.6. The number of nitrogens with two attached hydrogens (primary N) is 1. The van der Waals surface area contributed by atoms with Crippen LogP contribution in [0.2, 0.25) is 0 Å². The molecule has 1 heterocycles. The quantitative estimate of drug-likeness (QED) is 0.600. The molecule has 0 radical (unpaired) electrons. The summed E-state index contributed by atoms with van der Waals surface area (Å²) in [5.74, 6) is 0.720. The minimum absolute atomic E-state index is 0.0237. The summed E-state index contributed by atoms with van der Waals surface area (Å²) in [6.07, 6.45) is 0. The molecule has 2 N–H and O–H groups in total. The second kappa shape index (κ2) is 4.59. The van der Waals surface area contributed by atoms with Gasteiger partial charge < -0.3 is 10.6 Å². The lowest BCUT2D eigenvalue weighted by molar-refractivity contribution is -0.384. The van der Waals surface area contributed by atoms with Crippen molar-refractivity contribution in [2.75, 3.05) is 23.7 Å². The van der Waals surface area contributed by atoms with E-state index in [1.54, 1.807) is 0 Å². The summed E-state index contributed by atoms with van der Waals surface area (Å²) < 4.78 is 0. The predicted molar refractivity (Wildman–Crippen MR) is 58.9 cm³/mol. The first-order chi connectivity index (χ1) is 7.08. The number of nitro groups is 1. The largest absolute Gasteiger partial charge is 0.383 e. The van der Waals surface area contributed by atoms with E-state index in [4.69, 9.17) is 5.73 Å². The lowest BCUT2D eigenvalue weighted by atomic mass is 10.3. The number of hydrogen-bond donors (Lipinski definition) is 1. The van der Waals surface area contributed by atoms with Crippen molar-refractivity contribution in [1.29, 1.82) is 0 Å². The molecular weight excluding hydrogens is 196 g/mol. The number of nitrogens with zero attached hydrogens (tertiary/aromatic N) is 3. The van der Waals surface area contributed by atoms with Crippen LogP contribution in [-0.2, 0) is 0 Å². The topological polar surface area (TPSA) is 85.3 Å². The summed E-state index contributed by atoms with van der Waals surface area (Å²) >= 11 is 0. The zero-order valence-electron chi connectivity index (χ0n) is 8.80. The second-order valence-electron chi connectivity index (χ2n) is 3.04. The first-order valence-corrected chi connectivity index (χ1v) is 4.75. The molecule has 0 spiro atoms. The van der Waals surface area contributed by atoms with Gasteiger partial charge in [0.05, 0.1) is 17.1 Å². The lowest BCUT2D eigenvalue weighted by Crippen LogP contribution is -2.23. The fraction of sp³-hybridized carbons (Fsp3) is 0.444. The van der Waals surface area contributed by atoms with E-state index in [0.717, 1.165) is 13.1 Å². The van der Waals surface area contributed by atoms with Crippen molar-refractivity contribution in [1.82, 2.24) is 4.98 Å². The van der Waals surface area contributed by atoms with Crippen molar-refractivity contribution in [3.8, 4) is 0 Å². The van der Waals surface area contributed by atoms with Gasteiger partial charge in [0, 0.05) is 13.1 Å². The molecule has 1 aromatic rings. The number of hydrogen-bond acceptors (Lipinski definition) is 5. The van der Waals surface area contributed by atoms with Crippen LogP contribution < -0.4 is 10.6 Å². The first-order valence-electron chi connectivity index (χ1n) is 4.75. The van der Waals surface area contributed by atoms with E-state index in [1.165, 1.54) is 12.1 Å². The standard InChI is InChI=1S/C9H14N4O2/c1-3-12(4-2)9-6-7(13(14)15)5-8(10)11-9/h5-6H,3-4H2,1-2H3,(H2,10,11). The predicted octanol–water partition coefficient (Wildman–Crippen LogP) is 1.42. The number of rotatable bonds is 4. The number of aromatic nitrogens is 1. The van der Waals surface area contributed by atoms with Crippen LogP contribution in [0, 0.1) is 10.1 Å². The average molecular weight is 210 g/mol. The molecule has 1 rings (SSSR count). The molecule has 6 heteroatoms. The van der Waals surface area contributed by atoms with Gasteiger partial charge in [-0.25, -0.2) is 4.98 Å². The molecule has 0 aliphatic heterocycles. The van der Waals surface area contributed by atoms with E-state index in [2.05, 4.69) is 4.98 Å². The smallest absolute Gasteiger partial charge is 0.276 e. The minimum Gasteiger partial charge on any atom is -0.383 e. The molecule has 0 fully saturated rings. The van der Waals surface area contributed by atoms with Gasteiger partial charge in [0.25, 0.3) is 5.69 Å². The molecule has 6 nitrogen and oxygen atoms in total. The Morgan fingerprint density at radius 1 is 1.47 bits per heavy atom. The Kier molecular flexibility index (Phi) is 3.43. The Bertz CT molecular complexity index is 363. The van der Waals surface area contributed by atoms with E-state index < -0.39 is 4.92 Å². The highest BCUT2D eigenvalue weighted by Crippen LogP contribution is 2.21. The highest BCUT2D eigenvalue weighted by atomic mass is 16.6. The van der Waals surface area contributed by atoms with Gasteiger partial charge >= 0.3 is 0 Å². The van der Waals surface area contributed by atoms with E-state index in [1.807, 2.05) is 18.7 Å². The maximum absolute atomic E-state index is 10.6. The highest BCUT2D eigenvalue weighted by Gasteiger charge is 2.12. The third-order valence-corrected chi connectivity index (χ3v) is 2.11. The summed E-state index contributed by atoms with van der Waals surface area (Å²) in [6.45, 7) is 5.40. The zero-order chi connectivity index (χ0) is 11.4. The van der Waals surface area contributed by atoms with Crippen molar-refractivity contribution in [3.63, 3.8) is 0 Å². The normalized spacial score (nSPS) is 10.0. The minimum atomic E-state index is -0.467. The van der Waals surface area contributed by atoms with Gasteiger partial charge in [0.2, 0.25) is 0 Å². The molecule has 0 amide bonds. The van der Waals surface area contributed by atoms with Gasteiger partial charge in [-0.3, -0.25) is 10.1 Å². The fourth-order valence-corrected chi connectivity index (χ4v) is 1.34. The summed E-state index contributed by atoms with van der Waals surface area (Å²) in [4.78, 5) is 16.1. The van der Waals surface area contributed by atoms with Crippen LogP contribution in [0.25, 0.3) is 0 Å². The van der Waals surface area contributed by atoms with E-state index in [0.29, 0.717) is 5.82 Å². The molecule has 82 valence electrons. The van der Waals surface area contributed by atoms with Gasteiger partial charge in [-0.05, 0) is 13.8 Å². The Hall–Kier alpha value is -1.85. The molecule has 15 heavy (non-hydrogen) atoms. The molecule has 0 atom stereocenters. The Morgan fingerprint density at radius 2 is 2.07 bits per heavy atom. The number of anilines is 2. The molecule has 0 aliphatic rings. The third kappa shape index (κ3) is 2.55. The Morgan fingerprint density at radius 3 is 2.53 bits per heavy atom. The molecule has 0 aliphatic carbocycles. The average Bonchev–Trinajstić information content (AvgIpc) is 2.18. The van der Waals surface area contributed by atoms with Gasteiger partial charge in [-0.2, -0.15) is 0 Å². The summed E-state index contributed by atoms with van der Waals surface area (Å²) in [7, 11) is 0. The van der Waals surface area contributed by atoms with Crippen molar-refractivity contribution >= 4 is 17.3 Å². The van der Waals surface area contributed by atoms with Crippen molar-refractivity contribution < 1.29 is 4.92 Å². The van der Waals surface area contributed by atoms with Gasteiger partial charge in [-0.15, -0.1) is 0 Å². The highest BCUT2D eigenvalue weighted by molar-refractivity contribution is 5.54. The van der Waals surface area contributed by atoms with Crippen molar-refractivity contribution in [3.05, 3.63) is 22.2 Å². The molecule has 1 aromatic heterocycles. The van der Waals surface area contributed by atoms with Crippen LogP contribution in [0.3, 0.4) is 0 Å². The molecule has 0 saturated heterocycles. The van der Waals surface area contributed by atoms with Crippen LogP contribution in [0.15, 0.2) is 12.1 Å². The second-order valence-corrected chi connectivity index (χ2v) is 3.04. The molecule has 0 unspecified atom stereocenters. The fourth-order valence-electron chi connectivity index (χ4n) is 1.34. The Balaban J connectivity index is 3.13. The third-order valence-electron chi connectivity index (χ3n) is 2.11. The SMILES string of the molecule is CCN(CC)c1cc([N+](=O)[O-])cc(N)n1. The lowest BCUT2D eigenvalue weighted by Gasteiger charge is -2.19. The van der Waals surface area contributed by atoms with Gasteiger partial charge in [0.1, 0.15) is 11.6 Å². The van der Waals surface area contributed by atoms with Crippen molar-refractivity contribution in [2.45, 2.75) is 13.8 Å². The van der Waals surface area contributed by atoms with E-state index in [-0.39, 0.29) is 11.5 Å². The van der Waals surface area contributed by atoms with E-state index >= 15 is 0 Å². The van der Waals surface area contributed by atoms with Crippen LogP contribution >= 0.6 is 0 Å². The van der Waals surface area contributed by atoms with Gasteiger partial charge in [0.15, 0.2) is 0 Å². The first kappa shape index (κ1) is 11.2. The summed E-state index contributed by atoms with van der Waals surface area (Å²) in [5.41, 5.74) is 5.48. The van der Waals surface area contributed by atoms with Gasteiger partial charge in [-0.1, -0.05) is 0 Å². The van der Waals surface area contributed by atoms with Crippen LogP contribution in [-0.4, -0.2) is 23.0 Å². The van der Waals surface area contributed by atoms with Crippen LogP contribution in [0.4, 0.5) is 17.3 Å². The Labute approximate surface area is 87.9 Å². The number of pyridine rings is 1. The zero-order valence-corrected chi connectivity index (χ0v) is 8.80. The molecule has 0 saturated carbocycles. The summed E-state index contributed by atoms with van der Waals surface area (Å²) in [6, 6.07) is 2.69. The number of nitrogen functional groups attached to an aromatic ring is 1. The van der Waals surface area contributed by atoms with E-state index in [9.17, 15) is 10.1 Å². The maximum Gasteiger partial charge on any atom is 0.276 e. The van der Waals surface area contributed by atoms with Crippen molar-refractivity contribution in [2.24, 2.45) is 0 Å². The van der Waals surface area contributed by atoms with Crippen LogP contribution in [0.1, 0.15) is 13.8 Å².